The molecule has 0 atom stereocenters. The maximum atomic E-state index is 5.00. The second kappa shape index (κ2) is 4.97. The molecule has 0 saturated carbocycles. The van der Waals surface area contributed by atoms with E-state index in [2.05, 4.69) is 16.2 Å². The van der Waals surface area contributed by atoms with E-state index < -0.39 is 0 Å². The first kappa shape index (κ1) is 9.31. The van der Waals surface area contributed by atoms with Crippen LogP contribution in [0.4, 0.5) is 0 Å². The molecule has 0 aliphatic heterocycles. The number of H-pyrrole nitrogens is 1. The van der Waals surface area contributed by atoms with Gasteiger partial charge < -0.3 is 0 Å². The molecule has 0 bridgehead atoms. The van der Waals surface area contributed by atoms with Crippen molar-refractivity contribution in [3.05, 3.63) is 16.5 Å². The van der Waals surface area contributed by atoms with Gasteiger partial charge in [0.25, 0.3) is 0 Å². The Balaban J connectivity index is 2.44. The maximum Gasteiger partial charge on any atom is 0.158 e. The van der Waals surface area contributed by atoms with Crippen LogP contribution in [-0.2, 0) is 0 Å². The summed E-state index contributed by atoms with van der Waals surface area (Å²) in [4.78, 5) is 0. The molecule has 11 heavy (non-hydrogen) atoms. The summed E-state index contributed by atoms with van der Waals surface area (Å²) in [5, 5.41) is 4.88. The first-order valence-electron chi connectivity index (χ1n) is 2.79. The van der Waals surface area contributed by atoms with Gasteiger partial charge in [0, 0.05) is 5.75 Å². The van der Waals surface area contributed by atoms with Gasteiger partial charge in [-0.15, -0.1) is 6.58 Å². The van der Waals surface area contributed by atoms with Crippen molar-refractivity contribution in [3.63, 3.8) is 0 Å². The molecule has 2 nitrogen and oxygen atoms in total. The molecule has 0 aromatic carbocycles. The number of hydrogen-bond donors (Lipinski definition) is 1. The Bertz CT molecular complexity index is 276. The van der Waals surface area contributed by atoms with Crippen LogP contribution >= 0.6 is 45.3 Å². The lowest BCUT2D eigenvalue weighted by atomic mass is 10.8. The van der Waals surface area contributed by atoms with E-state index >= 15 is 0 Å². The van der Waals surface area contributed by atoms with Gasteiger partial charge in [-0.3, -0.25) is 0 Å². The number of aromatic amines is 1. The number of aromatic nitrogens is 2. The molecule has 0 fully saturated rings. The highest BCUT2D eigenvalue weighted by Gasteiger charge is 1.98. The van der Waals surface area contributed by atoms with Crippen LogP contribution in [0.5, 0.6) is 0 Å². The third-order valence-corrected chi connectivity index (χ3v) is 4.23. The van der Waals surface area contributed by atoms with Crippen molar-refractivity contribution in [2.24, 2.45) is 0 Å². The van der Waals surface area contributed by atoms with E-state index in [1.54, 1.807) is 21.6 Å². The van der Waals surface area contributed by atoms with Crippen molar-refractivity contribution in [2.75, 3.05) is 5.75 Å². The van der Waals surface area contributed by atoms with E-state index in [0.29, 0.717) is 0 Å². The maximum absolute atomic E-state index is 5.00. The van der Waals surface area contributed by atoms with Gasteiger partial charge in [-0.25, -0.2) is 4.49 Å². The Kier molecular flexibility index (Phi) is 4.21. The van der Waals surface area contributed by atoms with E-state index in [0.717, 1.165) is 14.6 Å². The van der Waals surface area contributed by atoms with E-state index in [-0.39, 0.29) is 0 Å². The summed E-state index contributed by atoms with van der Waals surface area (Å²) in [6.07, 6.45) is 1.86. The van der Waals surface area contributed by atoms with E-state index in [4.69, 9.17) is 12.2 Å². The van der Waals surface area contributed by atoms with Crippen LogP contribution in [0.25, 0.3) is 0 Å². The van der Waals surface area contributed by atoms with Crippen molar-refractivity contribution < 1.29 is 0 Å². The first-order valence-corrected chi connectivity index (χ1v) is 6.33. The first-order chi connectivity index (χ1) is 5.34. The Morgan fingerprint density at radius 1 is 1.82 bits per heavy atom. The molecule has 1 heterocycles. The van der Waals surface area contributed by atoms with Gasteiger partial charge in [-0.2, -0.15) is 5.10 Å². The van der Waals surface area contributed by atoms with Crippen molar-refractivity contribution in [3.8, 4) is 0 Å². The zero-order chi connectivity index (χ0) is 8.10. The molecule has 0 aliphatic rings. The fourth-order valence-corrected chi connectivity index (χ4v) is 3.26. The highest BCUT2D eigenvalue weighted by atomic mass is 33.1. The Morgan fingerprint density at radius 2 is 2.64 bits per heavy atom. The predicted octanol–water partition coefficient (Wildman–Crippen LogP) is 3.13. The van der Waals surface area contributed by atoms with E-state index in [9.17, 15) is 0 Å². The molecule has 0 saturated heterocycles. The lowest BCUT2D eigenvalue weighted by Crippen LogP contribution is -1.69. The summed E-state index contributed by atoms with van der Waals surface area (Å²) in [6, 6.07) is 0. The normalized spacial score (nSPS) is 9.82. The second-order valence-electron chi connectivity index (χ2n) is 1.55. The third kappa shape index (κ3) is 2.98. The summed E-state index contributed by atoms with van der Waals surface area (Å²) in [5.74, 6) is 0.914. The average molecular weight is 222 g/mol. The fourth-order valence-electron chi connectivity index (χ4n) is 0.386. The van der Waals surface area contributed by atoms with Crippen LogP contribution in [0.1, 0.15) is 0 Å². The lowest BCUT2D eigenvalue weighted by molar-refractivity contribution is 1.04. The topological polar surface area (TPSA) is 28.7 Å². The lowest BCUT2D eigenvalue weighted by Gasteiger charge is -1.89. The summed E-state index contributed by atoms with van der Waals surface area (Å²) in [7, 11) is 3.27. The minimum Gasteiger partial charge on any atom is -0.230 e. The SMILES string of the molecule is C=CCSSc1n[nH]sc1=S. The van der Waals surface area contributed by atoms with Gasteiger partial charge in [-0.05, 0) is 22.3 Å². The second-order valence-corrected chi connectivity index (χ2v) is 5.35. The van der Waals surface area contributed by atoms with Crippen molar-refractivity contribution in [2.45, 2.75) is 5.03 Å². The zero-order valence-electron chi connectivity index (χ0n) is 5.57. The summed E-state index contributed by atoms with van der Waals surface area (Å²) >= 11 is 6.38. The molecule has 0 radical (unpaired) electrons. The van der Waals surface area contributed by atoms with Crippen molar-refractivity contribution in [1.82, 2.24) is 9.59 Å². The third-order valence-electron chi connectivity index (χ3n) is 0.784. The average Bonchev–Trinajstić information content (AvgIpc) is 2.37. The molecule has 1 aromatic heterocycles. The van der Waals surface area contributed by atoms with Crippen LogP contribution in [0, 0.1) is 3.82 Å². The van der Waals surface area contributed by atoms with Gasteiger partial charge in [0.05, 0.1) is 0 Å². The molecular formula is C5H6N2S4. The van der Waals surface area contributed by atoms with Crippen LogP contribution < -0.4 is 0 Å². The molecule has 60 valence electrons. The van der Waals surface area contributed by atoms with Gasteiger partial charge in [0.1, 0.15) is 3.82 Å². The highest BCUT2D eigenvalue weighted by molar-refractivity contribution is 8.76. The number of hydrogen-bond acceptors (Lipinski definition) is 5. The van der Waals surface area contributed by atoms with Crippen LogP contribution in [0.15, 0.2) is 17.7 Å². The summed E-state index contributed by atoms with van der Waals surface area (Å²) in [6.45, 7) is 3.62. The Labute approximate surface area is 82.0 Å². The van der Waals surface area contributed by atoms with Crippen molar-refractivity contribution in [1.29, 1.82) is 0 Å². The van der Waals surface area contributed by atoms with Crippen LogP contribution in [-0.4, -0.2) is 15.3 Å². The molecule has 6 heteroatoms. The standard InChI is InChI=1S/C5H6N2S4/c1-2-3-9-11-4-5(8)10-7-6-4/h2,7H,1,3H2. The van der Waals surface area contributed by atoms with Crippen LogP contribution in [0.2, 0.25) is 0 Å². The van der Waals surface area contributed by atoms with Crippen LogP contribution in [0.3, 0.4) is 0 Å². The largest absolute Gasteiger partial charge is 0.230 e. The number of nitrogens with one attached hydrogen (secondary N) is 1. The number of nitrogens with zero attached hydrogens (tertiary/aromatic N) is 1. The molecule has 0 unspecified atom stereocenters. The smallest absolute Gasteiger partial charge is 0.158 e. The Morgan fingerprint density at radius 3 is 3.18 bits per heavy atom. The monoisotopic (exact) mass is 222 g/mol. The van der Waals surface area contributed by atoms with E-state index in [1.807, 2.05) is 6.08 Å². The molecular weight excluding hydrogens is 216 g/mol. The van der Waals surface area contributed by atoms with Gasteiger partial charge in [0.15, 0.2) is 5.03 Å². The molecule has 1 N–H and O–H groups in total. The van der Waals surface area contributed by atoms with Gasteiger partial charge in [-0.1, -0.05) is 29.1 Å². The molecule has 0 spiro atoms. The highest BCUT2D eigenvalue weighted by Crippen LogP contribution is 2.30. The molecule has 0 aliphatic carbocycles. The summed E-state index contributed by atoms with van der Waals surface area (Å²) < 4.78 is 3.58. The fraction of sp³-hybridized carbons (Fsp3) is 0.200. The van der Waals surface area contributed by atoms with Crippen molar-refractivity contribution >= 4 is 45.3 Å². The van der Waals surface area contributed by atoms with E-state index in [1.165, 1.54) is 11.5 Å². The quantitative estimate of drug-likeness (QED) is 0.367. The molecule has 0 amide bonds. The van der Waals surface area contributed by atoms with Gasteiger partial charge in [0.2, 0.25) is 0 Å². The Hall–Kier alpha value is 0.220. The van der Waals surface area contributed by atoms with Gasteiger partial charge >= 0.3 is 0 Å². The molecule has 1 rings (SSSR count). The summed E-state index contributed by atoms with van der Waals surface area (Å²) in [5.41, 5.74) is 0. The minimum atomic E-state index is 0.826. The predicted molar refractivity (Wildman–Crippen MR) is 55.8 cm³/mol. The zero-order valence-corrected chi connectivity index (χ0v) is 8.84. The minimum absolute atomic E-state index is 0.826. The molecule has 1 aromatic rings. The number of rotatable bonds is 4.